The van der Waals surface area contributed by atoms with E-state index in [1.54, 1.807) is 12.1 Å². The van der Waals surface area contributed by atoms with Gasteiger partial charge in [-0.15, -0.1) is 0 Å². The highest BCUT2D eigenvalue weighted by Crippen LogP contribution is 2.18. The van der Waals surface area contributed by atoms with Crippen LogP contribution in [0.1, 0.15) is 33.3 Å². The molecule has 0 amide bonds. The molecule has 0 aliphatic rings. The van der Waals surface area contributed by atoms with Crippen molar-refractivity contribution in [2.45, 2.75) is 34.1 Å². The maximum Gasteiger partial charge on any atom is 0.115 e. The molecule has 0 saturated heterocycles. The normalized spacial score (nSPS) is 13.2. The Morgan fingerprint density at radius 2 is 1.61 bits per heavy atom. The summed E-state index contributed by atoms with van der Waals surface area (Å²) in [7, 11) is 0. The van der Waals surface area contributed by atoms with Gasteiger partial charge in [-0.05, 0) is 55.0 Å². The van der Waals surface area contributed by atoms with Crippen LogP contribution in [0.5, 0.6) is 5.75 Å². The second kappa shape index (κ2) is 7.42. The lowest BCUT2D eigenvalue weighted by Gasteiger charge is -2.22. The Hall–Kier alpha value is -1.02. The summed E-state index contributed by atoms with van der Waals surface area (Å²) in [5, 5.41) is 12.8. The molecule has 0 fully saturated rings. The first-order valence-corrected chi connectivity index (χ1v) is 6.97. The zero-order valence-corrected chi connectivity index (χ0v) is 12.1. The maximum absolute atomic E-state index is 9.29. The smallest absolute Gasteiger partial charge is 0.115 e. The van der Waals surface area contributed by atoms with Crippen molar-refractivity contribution >= 4 is 0 Å². The van der Waals surface area contributed by atoms with Crippen LogP contribution in [-0.4, -0.2) is 18.2 Å². The van der Waals surface area contributed by atoms with Gasteiger partial charge in [0, 0.05) is 0 Å². The predicted octanol–water partition coefficient (Wildman–Crippen LogP) is 3.45. The molecule has 1 rings (SSSR count). The molecule has 1 atom stereocenters. The largest absolute Gasteiger partial charge is 0.508 e. The third-order valence-corrected chi connectivity index (χ3v) is 3.34. The molecule has 0 radical (unpaired) electrons. The Kier molecular flexibility index (Phi) is 6.20. The Balaban J connectivity index is 2.49. The third-order valence-electron chi connectivity index (χ3n) is 3.34. The summed E-state index contributed by atoms with van der Waals surface area (Å²) in [6.45, 7) is 11.2. The minimum absolute atomic E-state index is 0.345. The molecule has 1 aromatic carbocycles. The summed E-state index contributed by atoms with van der Waals surface area (Å²) < 4.78 is 0. The fraction of sp³-hybridized carbons (Fsp3) is 0.625. The van der Waals surface area contributed by atoms with Gasteiger partial charge in [-0.25, -0.2) is 0 Å². The van der Waals surface area contributed by atoms with Crippen molar-refractivity contribution in [3.63, 3.8) is 0 Å². The fourth-order valence-electron chi connectivity index (χ4n) is 2.04. The first kappa shape index (κ1) is 15.0. The number of phenols is 1. The second-order valence-corrected chi connectivity index (χ2v) is 5.93. The van der Waals surface area contributed by atoms with Gasteiger partial charge in [0.2, 0.25) is 0 Å². The molecule has 2 heteroatoms. The van der Waals surface area contributed by atoms with Crippen LogP contribution in [-0.2, 0) is 6.42 Å². The van der Waals surface area contributed by atoms with Crippen molar-refractivity contribution in [2.75, 3.05) is 13.1 Å². The molecule has 0 heterocycles. The van der Waals surface area contributed by atoms with Crippen molar-refractivity contribution in [2.24, 2.45) is 17.8 Å². The topological polar surface area (TPSA) is 32.3 Å². The van der Waals surface area contributed by atoms with Gasteiger partial charge in [0.1, 0.15) is 5.75 Å². The van der Waals surface area contributed by atoms with Gasteiger partial charge in [-0.2, -0.15) is 0 Å². The van der Waals surface area contributed by atoms with E-state index in [1.165, 1.54) is 5.56 Å². The Bertz CT molecular complexity index is 329. The van der Waals surface area contributed by atoms with E-state index in [-0.39, 0.29) is 0 Å². The summed E-state index contributed by atoms with van der Waals surface area (Å²) >= 11 is 0. The molecule has 18 heavy (non-hydrogen) atoms. The summed E-state index contributed by atoms with van der Waals surface area (Å²) in [5.41, 5.74) is 1.30. The van der Waals surface area contributed by atoms with Gasteiger partial charge in [0.25, 0.3) is 0 Å². The highest BCUT2D eigenvalue weighted by atomic mass is 16.3. The van der Waals surface area contributed by atoms with Gasteiger partial charge >= 0.3 is 0 Å². The van der Waals surface area contributed by atoms with Crippen LogP contribution in [0.2, 0.25) is 0 Å². The zero-order chi connectivity index (χ0) is 13.5. The number of phenolic OH excluding ortho intramolecular Hbond substituents is 1. The molecule has 0 aromatic heterocycles. The predicted molar refractivity (Wildman–Crippen MR) is 77.8 cm³/mol. The van der Waals surface area contributed by atoms with Crippen molar-refractivity contribution < 1.29 is 5.11 Å². The minimum atomic E-state index is 0.345. The van der Waals surface area contributed by atoms with Crippen molar-refractivity contribution in [1.82, 2.24) is 5.32 Å². The van der Waals surface area contributed by atoms with E-state index in [4.69, 9.17) is 0 Å². The van der Waals surface area contributed by atoms with Gasteiger partial charge in [-0.3, -0.25) is 0 Å². The first-order chi connectivity index (χ1) is 8.49. The van der Waals surface area contributed by atoms with E-state index < -0.39 is 0 Å². The number of hydrogen-bond donors (Lipinski definition) is 2. The minimum Gasteiger partial charge on any atom is -0.508 e. The van der Waals surface area contributed by atoms with Crippen molar-refractivity contribution in [3.05, 3.63) is 29.8 Å². The summed E-state index contributed by atoms with van der Waals surface area (Å²) in [5.74, 6) is 2.36. The molecule has 1 unspecified atom stereocenters. The fourth-order valence-corrected chi connectivity index (χ4v) is 2.04. The Morgan fingerprint density at radius 3 is 2.11 bits per heavy atom. The third kappa shape index (κ3) is 5.54. The monoisotopic (exact) mass is 249 g/mol. The Labute approximate surface area is 111 Å². The van der Waals surface area contributed by atoms with E-state index in [0.717, 1.165) is 19.5 Å². The molecule has 0 aliphatic heterocycles. The molecule has 0 saturated carbocycles. The lowest BCUT2D eigenvalue weighted by Crippen LogP contribution is -2.30. The molecular formula is C16H27NO. The van der Waals surface area contributed by atoms with E-state index in [9.17, 15) is 5.11 Å². The molecular weight excluding hydrogens is 222 g/mol. The van der Waals surface area contributed by atoms with Crippen molar-refractivity contribution in [3.8, 4) is 5.75 Å². The average Bonchev–Trinajstić information content (AvgIpc) is 2.30. The lowest BCUT2D eigenvalue weighted by molar-refractivity contribution is 0.352. The highest BCUT2D eigenvalue weighted by Gasteiger charge is 2.14. The number of hydrogen-bond acceptors (Lipinski definition) is 2. The molecule has 1 aromatic rings. The average molecular weight is 249 g/mol. The van der Waals surface area contributed by atoms with Crippen molar-refractivity contribution in [1.29, 1.82) is 0 Å². The number of rotatable bonds is 7. The number of benzene rings is 1. The van der Waals surface area contributed by atoms with Crippen LogP contribution in [0.4, 0.5) is 0 Å². The standard InChI is InChI=1S/C16H27NO/c1-12(2)10-17-11-15(13(3)4)9-14-5-7-16(18)8-6-14/h5-8,12-13,15,17-18H,9-11H2,1-4H3. The quantitative estimate of drug-likeness (QED) is 0.775. The van der Waals surface area contributed by atoms with Crippen LogP contribution in [0, 0.1) is 17.8 Å². The molecule has 2 N–H and O–H groups in total. The maximum atomic E-state index is 9.29. The first-order valence-electron chi connectivity index (χ1n) is 6.97. The molecule has 0 bridgehead atoms. The molecule has 2 nitrogen and oxygen atoms in total. The summed E-state index contributed by atoms with van der Waals surface area (Å²) in [4.78, 5) is 0. The second-order valence-electron chi connectivity index (χ2n) is 5.93. The lowest BCUT2D eigenvalue weighted by atomic mass is 9.89. The van der Waals surface area contributed by atoms with Crippen LogP contribution in [0.15, 0.2) is 24.3 Å². The zero-order valence-electron chi connectivity index (χ0n) is 12.1. The molecule has 0 aliphatic carbocycles. The SMILES string of the molecule is CC(C)CNCC(Cc1ccc(O)cc1)C(C)C. The molecule has 0 spiro atoms. The number of nitrogens with one attached hydrogen (secondary N) is 1. The Morgan fingerprint density at radius 1 is 1.00 bits per heavy atom. The van der Waals surface area contributed by atoms with Crippen LogP contribution < -0.4 is 5.32 Å². The van der Waals surface area contributed by atoms with E-state index in [0.29, 0.717) is 23.5 Å². The van der Waals surface area contributed by atoms with Crippen LogP contribution >= 0.6 is 0 Å². The summed E-state index contributed by atoms with van der Waals surface area (Å²) in [6.07, 6.45) is 1.07. The van der Waals surface area contributed by atoms with E-state index in [1.807, 2.05) is 12.1 Å². The summed E-state index contributed by atoms with van der Waals surface area (Å²) in [6, 6.07) is 7.59. The van der Waals surface area contributed by atoms with Gasteiger partial charge < -0.3 is 10.4 Å². The molecule has 102 valence electrons. The van der Waals surface area contributed by atoms with Gasteiger partial charge in [-0.1, -0.05) is 39.8 Å². The van der Waals surface area contributed by atoms with Gasteiger partial charge in [0.15, 0.2) is 0 Å². The number of aromatic hydroxyl groups is 1. The van der Waals surface area contributed by atoms with Gasteiger partial charge in [0.05, 0.1) is 0 Å². The highest BCUT2D eigenvalue weighted by molar-refractivity contribution is 5.26. The van der Waals surface area contributed by atoms with Crippen LogP contribution in [0.25, 0.3) is 0 Å². The van der Waals surface area contributed by atoms with Crippen LogP contribution in [0.3, 0.4) is 0 Å². The van der Waals surface area contributed by atoms with E-state index >= 15 is 0 Å². The van der Waals surface area contributed by atoms with E-state index in [2.05, 4.69) is 33.0 Å².